The van der Waals surface area contributed by atoms with Crippen molar-refractivity contribution in [2.24, 2.45) is 5.10 Å². The first-order chi connectivity index (χ1) is 14.0. The second-order valence-corrected chi connectivity index (χ2v) is 9.17. The average Bonchev–Trinajstić information content (AvgIpc) is 3.14. The topological polar surface area (TPSA) is 24.8 Å². The van der Waals surface area contributed by atoms with Gasteiger partial charge >= 0.3 is 0 Å². The Balaban J connectivity index is 1.62. The molecule has 0 radical (unpaired) electrons. The predicted molar refractivity (Wildman–Crippen MR) is 121 cm³/mol. The summed E-state index contributed by atoms with van der Waals surface area (Å²) in [5.41, 5.74) is 3.95. The molecule has 0 bridgehead atoms. The predicted octanol–water partition coefficient (Wildman–Crippen LogP) is 7.65. The molecule has 2 aliphatic heterocycles. The Morgan fingerprint density at radius 2 is 1.66 bits per heavy atom. The van der Waals surface area contributed by atoms with Crippen molar-refractivity contribution in [2.45, 2.75) is 18.7 Å². The molecular formula is C22H14BrCl3N2O. The quantitative estimate of drug-likeness (QED) is 0.355. The number of fused-ring (bicyclic) bond motifs is 3. The van der Waals surface area contributed by atoms with Crippen LogP contribution in [0.4, 0.5) is 0 Å². The minimum absolute atomic E-state index is 0.0404. The van der Waals surface area contributed by atoms with E-state index in [9.17, 15) is 0 Å². The van der Waals surface area contributed by atoms with Gasteiger partial charge in [-0.2, -0.15) is 5.10 Å². The highest BCUT2D eigenvalue weighted by Crippen LogP contribution is 2.49. The van der Waals surface area contributed by atoms with Crippen molar-refractivity contribution in [2.75, 3.05) is 0 Å². The second kappa shape index (κ2) is 7.51. The fourth-order valence-electron chi connectivity index (χ4n) is 3.78. The van der Waals surface area contributed by atoms with Gasteiger partial charge in [0, 0.05) is 32.1 Å². The summed E-state index contributed by atoms with van der Waals surface area (Å²) in [6, 6.07) is 19.3. The highest BCUT2D eigenvalue weighted by atomic mass is 79.9. The largest absolute Gasteiger partial charge is 0.464 e. The zero-order valence-corrected chi connectivity index (χ0v) is 18.8. The molecule has 29 heavy (non-hydrogen) atoms. The van der Waals surface area contributed by atoms with E-state index in [-0.39, 0.29) is 6.04 Å². The third-order valence-corrected chi connectivity index (χ3v) is 6.47. The molecule has 0 amide bonds. The van der Waals surface area contributed by atoms with Gasteiger partial charge in [0.2, 0.25) is 6.23 Å². The number of ether oxygens (including phenoxy) is 1. The molecule has 0 saturated carbocycles. The SMILES string of the molecule is Clc1ccc(C2=NN3[C@H](C2)c2cc(Br)ccc2O[C@@H]3c2ccc(Cl)cc2Cl)cc1. The molecule has 0 fully saturated rings. The molecule has 2 aliphatic rings. The lowest BCUT2D eigenvalue weighted by molar-refractivity contribution is -0.0190. The Hall–Kier alpha value is -1.72. The maximum atomic E-state index is 6.51. The molecule has 0 unspecified atom stereocenters. The Labute approximate surface area is 192 Å². The molecule has 3 aromatic carbocycles. The number of hydrazone groups is 1. The van der Waals surface area contributed by atoms with Crippen molar-refractivity contribution in [3.63, 3.8) is 0 Å². The molecule has 2 heterocycles. The maximum Gasteiger partial charge on any atom is 0.215 e. The zero-order chi connectivity index (χ0) is 20.1. The van der Waals surface area contributed by atoms with Crippen molar-refractivity contribution in [1.82, 2.24) is 5.01 Å². The summed E-state index contributed by atoms with van der Waals surface area (Å²) in [6.07, 6.45) is 0.319. The number of hydrogen-bond donors (Lipinski definition) is 0. The van der Waals surface area contributed by atoms with Gasteiger partial charge in [0.25, 0.3) is 0 Å². The van der Waals surface area contributed by atoms with Gasteiger partial charge in [-0.05, 0) is 48.0 Å². The molecule has 7 heteroatoms. The number of benzene rings is 3. The normalized spacial score (nSPS) is 20.0. The summed E-state index contributed by atoms with van der Waals surface area (Å²) in [5, 5.41) is 8.77. The molecule has 0 aliphatic carbocycles. The van der Waals surface area contributed by atoms with Crippen molar-refractivity contribution < 1.29 is 4.74 Å². The number of halogens is 4. The summed E-state index contributed by atoms with van der Waals surface area (Å²) in [4.78, 5) is 0. The van der Waals surface area contributed by atoms with E-state index in [1.54, 1.807) is 6.07 Å². The number of nitrogens with zero attached hydrogens (tertiary/aromatic N) is 2. The van der Waals surface area contributed by atoms with E-state index in [4.69, 9.17) is 44.6 Å². The highest BCUT2D eigenvalue weighted by Gasteiger charge is 2.41. The smallest absolute Gasteiger partial charge is 0.215 e. The van der Waals surface area contributed by atoms with Gasteiger partial charge in [0.05, 0.1) is 16.8 Å². The first kappa shape index (κ1) is 19.3. The molecule has 3 nitrogen and oxygen atoms in total. The van der Waals surface area contributed by atoms with E-state index in [1.165, 1.54) is 0 Å². The summed E-state index contributed by atoms with van der Waals surface area (Å²) in [6.45, 7) is 0. The van der Waals surface area contributed by atoms with Gasteiger partial charge in [0.15, 0.2) is 0 Å². The van der Waals surface area contributed by atoms with Crippen molar-refractivity contribution in [3.8, 4) is 5.75 Å². The monoisotopic (exact) mass is 506 g/mol. The summed E-state index contributed by atoms with van der Waals surface area (Å²) < 4.78 is 7.36. The fraction of sp³-hybridized carbons (Fsp3) is 0.136. The van der Waals surface area contributed by atoms with E-state index in [1.807, 2.05) is 53.5 Å². The van der Waals surface area contributed by atoms with Gasteiger partial charge in [0.1, 0.15) is 5.75 Å². The summed E-state index contributed by atoms with van der Waals surface area (Å²) >= 11 is 22.2. The Bertz CT molecular complexity index is 1130. The van der Waals surface area contributed by atoms with Crippen LogP contribution in [0.15, 0.2) is 70.2 Å². The molecule has 0 aromatic heterocycles. The van der Waals surface area contributed by atoms with E-state index >= 15 is 0 Å². The van der Waals surface area contributed by atoms with Crippen LogP contribution in [0.5, 0.6) is 5.75 Å². The third-order valence-electron chi connectivity index (χ3n) is 5.16. The maximum absolute atomic E-state index is 6.51. The van der Waals surface area contributed by atoms with Crippen molar-refractivity contribution in [1.29, 1.82) is 0 Å². The first-order valence-electron chi connectivity index (χ1n) is 9.02. The van der Waals surface area contributed by atoms with Crippen LogP contribution in [-0.4, -0.2) is 10.7 Å². The molecule has 146 valence electrons. The van der Waals surface area contributed by atoms with Crippen LogP contribution < -0.4 is 4.74 Å². The molecule has 5 rings (SSSR count). The molecule has 0 saturated heterocycles. The standard InChI is InChI=1S/C22H14BrCl3N2O/c23-13-3-8-21-17(9-13)20-11-19(12-1-4-14(24)5-2-12)27-28(20)22(29-21)16-7-6-15(25)10-18(16)26/h1-10,20,22H,11H2/t20-,22-/m1/s1. The van der Waals surface area contributed by atoms with Gasteiger partial charge < -0.3 is 4.74 Å². The molecule has 0 N–H and O–H groups in total. The molecule has 2 atom stereocenters. The van der Waals surface area contributed by atoms with Gasteiger partial charge in [-0.15, -0.1) is 0 Å². The third kappa shape index (κ3) is 3.53. The van der Waals surface area contributed by atoms with Crippen LogP contribution in [0.2, 0.25) is 15.1 Å². The van der Waals surface area contributed by atoms with Crippen molar-refractivity contribution in [3.05, 3.63) is 96.9 Å². The minimum Gasteiger partial charge on any atom is -0.464 e. The van der Waals surface area contributed by atoms with Crippen LogP contribution in [0.3, 0.4) is 0 Å². The van der Waals surface area contributed by atoms with E-state index in [0.717, 1.165) is 39.0 Å². The number of rotatable bonds is 2. The number of hydrogen-bond acceptors (Lipinski definition) is 3. The van der Waals surface area contributed by atoms with Crippen LogP contribution in [0.1, 0.15) is 35.4 Å². The Morgan fingerprint density at radius 1 is 0.897 bits per heavy atom. The Morgan fingerprint density at radius 3 is 2.41 bits per heavy atom. The van der Waals surface area contributed by atoms with E-state index in [2.05, 4.69) is 22.0 Å². The average molecular weight is 509 g/mol. The minimum atomic E-state index is -0.441. The second-order valence-electron chi connectivity index (χ2n) is 6.97. The lowest BCUT2D eigenvalue weighted by atomic mass is 9.96. The zero-order valence-electron chi connectivity index (χ0n) is 14.9. The highest BCUT2D eigenvalue weighted by molar-refractivity contribution is 9.10. The van der Waals surface area contributed by atoms with Crippen LogP contribution in [-0.2, 0) is 0 Å². The Kier molecular flexibility index (Phi) is 4.99. The van der Waals surface area contributed by atoms with Crippen LogP contribution in [0.25, 0.3) is 0 Å². The molecule has 3 aromatic rings. The van der Waals surface area contributed by atoms with E-state index < -0.39 is 6.23 Å². The first-order valence-corrected chi connectivity index (χ1v) is 10.9. The van der Waals surface area contributed by atoms with Crippen LogP contribution >= 0.6 is 50.7 Å². The fourth-order valence-corrected chi connectivity index (χ4v) is 4.79. The van der Waals surface area contributed by atoms with E-state index in [0.29, 0.717) is 15.1 Å². The van der Waals surface area contributed by atoms with Gasteiger partial charge in [-0.3, -0.25) is 0 Å². The molecular weight excluding hydrogens is 495 g/mol. The van der Waals surface area contributed by atoms with Crippen molar-refractivity contribution >= 4 is 56.4 Å². The summed E-state index contributed by atoms with van der Waals surface area (Å²) in [5.74, 6) is 0.832. The van der Waals surface area contributed by atoms with Gasteiger partial charge in [-0.1, -0.05) is 68.9 Å². The van der Waals surface area contributed by atoms with Crippen LogP contribution in [0, 0.1) is 0 Å². The summed E-state index contributed by atoms with van der Waals surface area (Å²) in [7, 11) is 0. The lowest BCUT2D eigenvalue weighted by Gasteiger charge is -2.38. The molecule has 0 spiro atoms. The lowest BCUT2D eigenvalue weighted by Crippen LogP contribution is -2.33. The van der Waals surface area contributed by atoms with Gasteiger partial charge in [-0.25, -0.2) is 5.01 Å².